The van der Waals surface area contributed by atoms with Crippen molar-refractivity contribution in [2.45, 2.75) is 78.7 Å². The molecule has 0 aromatic rings. The molecule has 2 nitrogen and oxygen atoms in total. The van der Waals surface area contributed by atoms with Crippen LogP contribution in [0, 0.1) is 11.3 Å². The lowest BCUT2D eigenvalue weighted by Crippen LogP contribution is -2.41. The van der Waals surface area contributed by atoms with Gasteiger partial charge in [0.15, 0.2) is 0 Å². The highest BCUT2D eigenvalue weighted by atomic mass is 16.1. The van der Waals surface area contributed by atoms with Gasteiger partial charge in [-0.2, -0.15) is 0 Å². The largest absolute Gasteiger partial charge is 0.353 e. The lowest BCUT2D eigenvalue weighted by Gasteiger charge is -2.29. The summed E-state index contributed by atoms with van der Waals surface area (Å²) in [5.74, 6) is 0.920. The number of hydrogen-bond donors (Lipinski definition) is 1. The zero-order valence-electron chi connectivity index (χ0n) is 12.0. The van der Waals surface area contributed by atoms with Gasteiger partial charge < -0.3 is 5.32 Å². The van der Waals surface area contributed by atoms with E-state index in [4.69, 9.17) is 0 Å². The molecule has 17 heavy (non-hydrogen) atoms. The molecule has 0 aliphatic heterocycles. The summed E-state index contributed by atoms with van der Waals surface area (Å²) in [5, 5.41) is 3.22. The molecule has 1 fully saturated rings. The molecule has 0 unspecified atom stereocenters. The van der Waals surface area contributed by atoms with Crippen LogP contribution in [0.3, 0.4) is 0 Å². The molecular weight excluding hydrogens is 210 g/mol. The molecule has 2 heteroatoms. The Morgan fingerprint density at radius 3 is 2.47 bits per heavy atom. The smallest absolute Gasteiger partial charge is 0.220 e. The van der Waals surface area contributed by atoms with Crippen LogP contribution in [-0.2, 0) is 4.79 Å². The van der Waals surface area contributed by atoms with Crippen LogP contribution in [0.4, 0.5) is 0 Å². The summed E-state index contributed by atoms with van der Waals surface area (Å²) in [4.78, 5) is 11.8. The Kier molecular flexibility index (Phi) is 5.48. The van der Waals surface area contributed by atoms with Crippen molar-refractivity contribution < 1.29 is 4.79 Å². The van der Waals surface area contributed by atoms with Crippen LogP contribution in [0.2, 0.25) is 0 Å². The second kappa shape index (κ2) is 6.42. The molecule has 1 rings (SSSR count). The van der Waals surface area contributed by atoms with Crippen LogP contribution >= 0.6 is 0 Å². The van der Waals surface area contributed by atoms with Crippen LogP contribution < -0.4 is 5.32 Å². The minimum Gasteiger partial charge on any atom is -0.353 e. The Bertz CT molecular complexity index is 242. The molecule has 1 amide bonds. The standard InChI is InChI=1S/C15H29NO/c1-12-8-5-6-9-13(12)16-14(17)10-7-11-15(2,3)4/h12-13H,5-11H2,1-4H3,(H,16,17)/t12-,13+/m1/s1. The van der Waals surface area contributed by atoms with E-state index in [0.29, 0.717) is 23.8 Å². The number of carbonyl (C=O) groups excluding carboxylic acids is 1. The Morgan fingerprint density at radius 1 is 1.24 bits per heavy atom. The highest BCUT2D eigenvalue weighted by molar-refractivity contribution is 5.76. The first-order chi connectivity index (χ1) is 7.88. The van der Waals surface area contributed by atoms with Gasteiger partial charge in [-0.3, -0.25) is 4.79 Å². The Labute approximate surface area is 107 Å². The van der Waals surface area contributed by atoms with Crippen molar-refractivity contribution in [3.8, 4) is 0 Å². The van der Waals surface area contributed by atoms with E-state index in [1.54, 1.807) is 0 Å². The van der Waals surface area contributed by atoms with Gasteiger partial charge in [-0.25, -0.2) is 0 Å². The Hall–Kier alpha value is -0.530. The summed E-state index contributed by atoms with van der Waals surface area (Å²) < 4.78 is 0. The van der Waals surface area contributed by atoms with Crippen molar-refractivity contribution in [3.05, 3.63) is 0 Å². The van der Waals surface area contributed by atoms with Crippen LogP contribution in [0.1, 0.15) is 72.6 Å². The van der Waals surface area contributed by atoms with Crippen molar-refractivity contribution in [1.82, 2.24) is 5.32 Å². The lowest BCUT2D eigenvalue weighted by atomic mass is 9.85. The first kappa shape index (κ1) is 14.5. The third-order valence-electron chi connectivity index (χ3n) is 3.79. The van der Waals surface area contributed by atoms with Gasteiger partial charge in [0.2, 0.25) is 5.91 Å². The summed E-state index contributed by atoms with van der Waals surface area (Å²) in [7, 11) is 0. The van der Waals surface area contributed by atoms with E-state index in [1.165, 1.54) is 25.7 Å². The average Bonchev–Trinajstić information content (AvgIpc) is 2.19. The fourth-order valence-corrected chi connectivity index (χ4v) is 2.59. The van der Waals surface area contributed by atoms with Crippen molar-refractivity contribution >= 4 is 5.91 Å². The monoisotopic (exact) mass is 239 g/mol. The van der Waals surface area contributed by atoms with Crippen molar-refractivity contribution in [2.24, 2.45) is 11.3 Å². The molecule has 1 aliphatic carbocycles. The van der Waals surface area contributed by atoms with Gasteiger partial charge in [-0.05, 0) is 37.0 Å². The van der Waals surface area contributed by atoms with E-state index in [-0.39, 0.29) is 5.91 Å². The van der Waals surface area contributed by atoms with E-state index in [1.807, 2.05) is 0 Å². The molecule has 0 bridgehead atoms. The summed E-state index contributed by atoms with van der Waals surface area (Å²) in [6.07, 6.45) is 7.88. The number of nitrogens with one attached hydrogen (secondary N) is 1. The van der Waals surface area contributed by atoms with Crippen LogP contribution in [-0.4, -0.2) is 11.9 Å². The number of hydrogen-bond acceptors (Lipinski definition) is 1. The molecule has 1 aliphatic rings. The normalized spacial score (nSPS) is 25.6. The molecular formula is C15H29NO. The fraction of sp³-hybridized carbons (Fsp3) is 0.933. The van der Waals surface area contributed by atoms with Gasteiger partial charge in [0, 0.05) is 12.5 Å². The summed E-state index contributed by atoms with van der Waals surface area (Å²) in [6.45, 7) is 8.95. The molecule has 0 aromatic heterocycles. The molecule has 0 radical (unpaired) electrons. The molecule has 1 saturated carbocycles. The van der Waals surface area contributed by atoms with Crippen LogP contribution in [0.5, 0.6) is 0 Å². The second-order valence-electron chi connectivity index (χ2n) is 6.85. The zero-order chi connectivity index (χ0) is 12.9. The highest BCUT2D eigenvalue weighted by Gasteiger charge is 2.22. The number of amides is 1. The summed E-state index contributed by atoms with van der Waals surface area (Å²) >= 11 is 0. The van der Waals surface area contributed by atoms with Crippen molar-refractivity contribution in [2.75, 3.05) is 0 Å². The number of carbonyl (C=O) groups is 1. The van der Waals surface area contributed by atoms with E-state index in [9.17, 15) is 4.79 Å². The molecule has 2 atom stereocenters. The Morgan fingerprint density at radius 2 is 1.88 bits per heavy atom. The van der Waals surface area contributed by atoms with Crippen LogP contribution in [0.15, 0.2) is 0 Å². The Balaban J connectivity index is 2.20. The molecule has 100 valence electrons. The molecule has 1 N–H and O–H groups in total. The van der Waals surface area contributed by atoms with Gasteiger partial charge in [-0.1, -0.05) is 40.5 Å². The maximum atomic E-state index is 11.8. The van der Waals surface area contributed by atoms with E-state index < -0.39 is 0 Å². The maximum Gasteiger partial charge on any atom is 0.220 e. The molecule has 0 aromatic carbocycles. The topological polar surface area (TPSA) is 29.1 Å². The predicted molar refractivity (Wildman–Crippen MR) is 72.9 cm³/mol. The van der Waals surface area contributed by atoms with Gasteiger partial charge in [0.1, 0.15) is 0 Å². The van der Waals surface area contributed by atoms with Gasteiger partial charge in [0.25, 0.3) is 0 Å². The quantitative estimate of drug-likeness (QED) is 0.792. The van der Waals surface area contributed by atoms with Crippen molar-refractivity contribution in [3.63, 3.8) is 0 Å². The van der Waals surface area contributed by atoms with E-state index >= 15 is 0 Å². The van der Waals surface area contributed by atoms with Gasteiger partial charge in [0.05, 0.1) is 0 Å². The predicted octanol–water partition coefficient (Wildman–Crippen LogP) is 3.90. The number of rotatable bonds is 4. The third-order valence-corrected chi connectivity index (χ3v) is 3.79. The zero-order valence-corrected chi connectivity index (χ0v) is 12.0. The highest BCUT2D eigenvalue weighted by Crippen LogP contribution is 2.24. The lowest BCUT2D eigenvalue weighted by molar-refractivity contribution is -0.122. The molecule has 0 heterocycles. The van der Waals surface area contributed by atoms with Gasteiger partial charge >= 0.3 is 0 Å². The SMILES string of the molecule is C[C@@H]1CCCC[C@@H]1NC(=O)CCCC(C)(C)C. The molecule has 0 spiro atoms. The first-order valence-corrected chi connectivity index (χ1v) is 7.18. The van der Waals surface area contributed by atoms with Crippen molar-refractivity contribution in [1.29, 1.82) is 0 Å². The fourth-order valence-electron chi connectivity index (χ4n) is 2.59. The first-order valence-electron chi connectivity index (χ1n) is 7.18. The average molecular weight is 239 g/mol. The minimum absolute atomic E-state index is 0.257. The molecule has 0 saturated heterocycles. The summed E-state index contributed by atoms with van der Waals surface area (Å²) in [5.41, 5.74) is 0.346. The second-order valence-corrected chi connectivity index (χ2v) is 6.85. The van der Waals surface area contributed by atoms with Crippen LogP contribution in [0.25, 0.3) is 0 Å². The minimum atomic E-state index is 0.257. The van der Waals surface area contributed by atoms with E-state index in [0.717, 1.165) is 12.8 Å². The third kappa shape index (κ3) is 6.09. The summed E-state index contributed by atoms with van der Waals surface area (Å²) in [6, 6.07) is 0.436. The van der Waals surface area contributed by atoms with Gasteiger partial charge in [-0.15, -0.1) is 0 Å². The van der Waals surface area contributed by atoms with E-state index in [2.05, 4.69) is 33.0 Å². The maximum absolute atomic E-state index is 11.8.